The molecule has 0 aromatic carbocycles. The van der Waals surface area contributed by atoms with Gasteiger partial charge < -0.3 is 5.32 Å². The molecule has 0 atom stereocenters. The maximum Gasteiger partial charge on any atom is 0.234 e. The maximum absolute atomic E-state index is 11.9. The Morgan fingerprint density at radius 3 is 2.63 bits per heavy atom. The van der Waals surface area contributed by atoms with E-state index in [0.29, 0.717) is 11.6 Å². The number of carbonyl (C=O) groups excluding carboxylic acids is 1. The minimum absolute atomic E-state index is 0.0801. The molecule has 0 unspecified atom stereocenters. The van der Waals surface area contributed by atoms with Crippen LogP contribution in [0.2, 0.25) is 0 Å². The van der Waals surface area contributed by atoms with Crippen molar-refractivity contribution >= 4 is 11.6 Å². The average molecular weight is 257 g/mol. The van der Waals surface area contributed by atoms with Crippen molar-refractivity contribution in [3.05, 3.63) is 31.1 Å². The highest BCUT2D eigenvalue weighted by Crippen LogP contribution is 2.25. The summed E-state index contributed by atoms with van der Waals surface area (Å²) in [5.74, 6) is 0.765. The van der Waals surface area contributed by atoms with Crippen LogP contribution in [0.15, 0.2) is 31.1 Å². The highest BCUT2D eigenvalue weighted by Gasteiger charge is 2.22. The lowest BCUT2D eigenvalue weighted by Crippen LogP contribution is -2.20. The van der Waals surface area contributed by atoms with Gasteiger partial charge in [0, 0.05) is 18.3 Å². The average Bonchev–Trinajstić information content (AvgIpc) is 3.13. The highest BCUT2D eigenvalue weighted by molar-refractivity contribution is 5.92. The summed E-state index contributed by atoms with van der Waals surface area (Å²) in [6.45, 7) is 0. The molecule has 3 rings (SSSR count). The van der Waals surface area contributed by atoms with Gasteiger partial charge >= 0.3 is 0 Å². The van der Waals surface area contributed by atoms with Crippen molar-refractivity contribution in [2.45, 2.75) is 25.7 Å². The zero-order chi connectivity index (χ0) is 13.1. The van der Waals surface area contributed by atoms with Gasteiger partial charge in [-0.3, -0.25) is 9.36 Å². The Labute approximate surface area is 110 Å². The Morgan fingerprint density at radius 2 is 2.00 bits per heavy atom. The monoisotopic (exact) mass is 257 g/mol. The first-order chi connectivity index (χ1) is 9.33. The summed E-state index contributed by atoms with van der Waals surface area (Å²) in [7, 11) is 0. The number of nitrogens with zero attached hydrogens (tertiary/aromatic N) is 4. The van der Waals surface area contributed by atoms with Crippen molar-refractivity contribution in [3.63, 3.8) is 0 Å². The van der Waals surface area contributed by atoms with Crippen LogP contribution in [0.3, 0.4) is 0 Å². The molecular formula is C13H15N5O. The molecular weight excluding hydrogens is 242 g/mol. The number of rotatable bonds is 3. The Hall–Kier alpha value is -2.24. The van der Waals surface area contributed by atoms with Crippen LogP contribution in [0.5, 0.6) is 0 Å². The summed E-state index contributed by atoms with van der Waals surface area (Å²) in [6, 6.07) is 0. The zero-order valence-electron chi connectivity index (χ0n) is 10.5. The smallest absolute Gasteiger partial charge is 0.234 e. The van der Waals surface area contributed by atoms with Crippen molar-refractivity contribution in [2.24, 2.45) is 5.92 Å². The van der Waals surface area contributed by atoms with Crippen LogP contribution in [0.4, 0.5) is 5.69 Å². The van der Waals surface area contributed by atoms with E-state index in [-0.39, 0.29) is 11.8 Å². The second-order valence-electron chi connectivity index (χ2n) is 4.71. The van der Waals surface area contributed by atoms with Gasteiger partial charge in [0.1, 0.15) is 6.33 Å². The fourth-order valence-corrected chi connectivity index (χ4v) is 2.33. The third kappa shape index (κ3) is 2.62. The summed E-state index contributed by atoms with van der Waals surface area (Å²) in [6.07, 6.45) is 12.6. The molecule has 6 nitrogen and oxygen atoms in total. The summed E-state index contributed by atoms with van der Waals surface area (Å²) in [5, 5.41) is 2.87. The predicted octanol–water partition coefficient (Wildman–Crippen LogP) is 1.79. The summed E-state index contributed by atoms with van der Waals surface area (Å²) < 4.78 is 1.71. The molecule has 1 aliphatic rings. The second kappa shape index (κ2) is 5.17. The molecule has 1 saturated carbocycles. The first-order valence-corrected chi connectivity index (χ1v) is 6.44. The molecule has 1 N–H and O–H groups in total. The number of anilines is 1. The predicted molar refractivity (Wildman–Crippen MR) is 69.7 cm³/mol. The number of imidazole rings is 1. The zero-order valence-corrected chi connectivity index (χ0v) is 10.5. The van der Waals surface area contributed by atoms with Gasteiger partial charge in [-0.1, -0.05) is 12.8 Å². The second-order valence-corrected chi connectivity index (χ2v) is 4.71. The quantitative estimate of drug-likeness (QED) is 0.909. The minimum Gasteiger partial charge on any atom is -0.323 e. The van der Waals surface area contributed by atoms with Crippen LogP contribution in [0, 0.1) is 5.92 Å². The lowest BCUT2D eigenvalue weighted by atomic mass is 10.1. The summed E-state index contributed by atoms with van der Waals surface area (Å²) >= 11 is 0. The number of carbonyl (C=O) groups is 1. The molecule has 0 aliphatic heterocycles. The molecule has 19 heavy (non-hydrogen) atoms. The molecule has 6 heteroatoms. The van der Waals surface area contributed by atoms with Crippen molar-refractivity contribution in [1.29, 1.82) is 0 Å². The van der Waals surface area contributed by atoms with E-state index < -0.39 is 0 Å². The molecule has 1 fully saturated rings. The number of hydrogen-bond donors (Lipinski definition) is 1. The SMILES string of the molecule is O=C(Nc1cnc(-n2ccnc2)nc1)C1CCCC1. The molecule has 0 bridgehead atoms. The molecule has 2 aromatic heterocycles. The standard InChI is InChI=1S/C13H15N5O/c19-12(10-3-1-2-4-10)17-11-7-15-13(16-8-11)18-6-5-14-9-18/h5-10H,1-4H2,(H,17,19). The van der Waals surface area contributed by atoms with E-state index in [9.17, 15) is 4.79 Å². The minimum atomic E-state index is 0.0801. The van der Waals surface area contributed by atoms with Crippen LogP contribution in [0.1, 0.15) is 25.7 Å². The van der Waals surface area contributed by atoms with E-state index in [2.05, 4.69) is 20.3 Å². The lowest BCUT2D eigenvalue weighted by Gasteiger charge is -2.09. The van der Waals surface area contributed by atoms with Gasteiger partial charge in [-0.05, 0) is 12.8 Å². The van der Waals surface area contributed by atoms with E-state index in [1.165, 1.54) is 0 Å². The molecule has 0 spiro atoms. The molecule has 1 amide bonds. The summed E-state index contributed by atoms with van der Waals surface area (Å²) in [5.41, 5.74) is 0.640. The maximum atomic E-state index is 11.9. The van der Waals surface area contributed by atoms with Gasteiger partial charge in [0.15, 0.2) is 0 Å². The van der Waals surface area contributed by atoms with Crippen molar-refractivity contribution in [1.82, 2.24) is 19.5 Å². The van der Waals surface area contributed by atoms with E-state index in [1.807, 2.05) is 0 Å². The van der Waals surface area contributed by atoms with Crippen molar-refractivity contribution in [2.75, 3.05) is 5.32 Å². The van der Waals surface area contributed by atoms with E-state index in [0.717, 1.165) is 25.7 Å². The third-order valence-corrected chi connectivity index (χ3v) is 3.37. The number of nitrogens with one attached hydrogen (secondary N) is 1. The van der Waals surface area contributed by atoms with Gasteiger partial charge in [-0.2, -0.15) is 0 Å². The highest BCUT2D eigenvalue weighted by atomic mass is 16.1. The molecule has 0 radical (unpaired) electrons. The molecule has 2 aromatic rings. The van der Waals surface area contributed by atoms with E-state index >= 15 is 0 Å². The Balaban J connectivity index is 1.67. The normalized spacial score (nSPS) is 15.6. The number of hydrogen-bond acceptors (Lipinski definition) is 4. The van der Waals surface area contributed by atoms with Gasteiger partial charge in [0.25, 0.3) is 0 Å². The van der Waals surface area contributed by atoms with Gasteiger partial charge in [-0.15, -0.1) is 0 Å². The van der Waals surface area contributed by atoms with Crippen molar-refractivity contribution in [3.8, 4) is 5.95 Å². The van der Waals surface area contributed by atoms with Crippen LogP contribution in [0.25, 0.3) is 5.95 Å². The fraction of sp³-hybridized carbons (Fsp3) is 0.385. The first-order valence-electron chi connectivity index (χ1n) is 6.44. The van der Waals surface area contributed by atoms with Crippen molar-refractivity contribution < 1.29 is 4.79 Å². The van der Waals surface area contributed by atoms with Crippen LogP contribution >= 0.6 is 0 Å². The van der Waals surface area contributed by atoms with Gasteiger partial charge in [0.05, 0.1) is 18.1 Å². The fourth-order valence-electron chi connectivity index (χ4n) is 2.33. The number of aromatic nitrogens is 4. The van der Waals surface area contributed by atoms with E-state index in [4.69, 9.17) is 0 Å². The molecule has 2 heterocycles. The molecule has 1 aliphatic carbocycles. The third-order valence-electron chi connectivity index (χ3n) is 3.37. The number of amides is 1. The van der Waals surface area contributed by atoms with Crippen LogP contribution in [-0.4, -0.2) is 25.4 Å². The van der Waals surface area contributed by atoms with Gasteiger partial charge in [0.2, 0.25) is 11.9 Å². The molecule has 98 valence electrons. The first kappa shape index (κ1) is 11.8. The summed E-state index contributed by atoms with van der Waals surface area (Å²) in [4.78, 5) is 24.3. The van der Waals surface area contributed by atoms with Crippen LogP contribution in [-0.2, 0) is 4.79 Å². The van der Waals surface area contributed by atoms with Crippen LogP contribution < -0.4 is 5.32 Å². The van der Waals surface area contributed by atoms with E-state index in [1.54, 1.807) is 35.7 Å². The lowest BCUT2D eigenvalue weighted by molar-refractivity contribution is -0.119. The van der Waals surface area contributed by atoms with Gasteiger partial charge in [-0.25, -0.2) is 15.0 Å². The Bertz CT molecular complexity index is 543. The Morgan fingerprint density at radius 1 is 1.26 bits per heavy atom. The topological polar surface area (TPSA) is 72.7 Å². The Kier molecular flexibility index (Phi) is 3.22. The molecule has 0 saturated heterocycles. The largest absolute Gasteiger partial charge is 0.323 e.